The van der Waals surface area contributed by atoms with Crippen molar-refractivity contribution in [2.45, 2.75) is 39.0 Å². The molecular formula is C16H23NO2S. The van der Waals surface area contributed by atoms with Gasteiger partial charge < -0.3 is 5.11 Å². The molecule has 3 nitrogen and oxygen atoms in total. The molecule has 1 saturated heterocycles. The van der Waals surface area contributed by atoms with Crippen molar-refractivity contribution in [3.8, 4) is 0 Å². The fourth-order valence-corrected chi connectivity index (χ4v) is 3.92. The molecule has 1 aromatic carbocycles. The summed E-state index contributed by atoms with van der Waals surface area (Å²) in [6.07, 6.45) is 2.44. The van der Waals surface area contributed by atoms with E-state index >= 15 is 0 Å². The second-order valence-corrected chi connectivity index (χ2v) is 6.59. The van der Waals surface area contributed by atoms with Crippen molar-refractivity contribution < 1.29 is 9.90 Å². The van der Waals surface area contributed by atoms with Gasteiger partial charge in [0.25, 0.3) is 0 Å². The Morgan fingerprint density at radius 3 is 2.65 bits per heavy atom. The van der Waals surface area contributed by atoms with E-state index in [0.717, 1.165) is 17.7 Å². The number of aryl methyl sites for hydroxylation is 1. The lowest BCUT2D eigenvalue weighted by molar-refractivity contribution is 0.201. The molecule has 1 heterocycles. The summed E-state index contributed by atoms with van der Waals surface area (Å²) >= 11 is 2.03. The lowest BCUT2D eigenvalue weighted by Crippen LogP contribution is -2.30. The molecule has 1 aromatic rings. The molecule has 1 aliphatic heterocycles. The molecule has 110 valence electrons. The van der Waals surface area contributed by atoms with E-state index in [2.05, 4.69) is 12.1 Å². The van der Waals surface area contributed by atoms with Crippen molar-refractivity contribution >= 4 is 23.5 Å². The van der Waals surface area contributed by atoms with Crippen LogP contribution in [0.15, 0.2) is 18.2 Å². The van der Waals surface area contributed by atoms with Crippen LogP contribution in [0.2, 0.25) is 0 Å². The highest BCUT2D eigenvalue weighted by Gasteiger charge is 2.19. The Hall–Kier alpha value is -1.16. The zero-order chi connectivity index (χ0) is 14.5. The molecule has 0 atom stereocenters. The van der Waals surface area contributed by atoms with Crippen LogP contribution in [-0.4, -0.2) is 29.3 Å². The quantitative estimate of drug-likeness (QED) is 0.888. The van der Waals surface area contributed by atoms with E-state index in [1.807, 2.05) is 31.7 Å². The van der Waals surface area contributed by atoms with Crippen molar-refractivity contribution in [1.82, 2.24) is 0 Å². The number of rotatable bonds is 4. The Balaban J connectivity index is 2.21. The van der Waals surface area contributed by atoms with Gasteiger partial charge in [0, 0.05) is 12.2 Å². The topological polar surface area (TPSA) is 40.5 Å². The third-order valence-corrected chi connectivity index (χ3v) is 4.93. The number of hydrogen-bond donors (Lipinski definition) is 1. The van der Waals surface area contributed by atoms with Crippen LogP contribution in [0.1, 0.15) is 43.2 Å². The minimum Gasteiger partial charge on any atom is -0.465 e. The Morgan fingerprint density at radius 1 is 1.40 bits per heavy atom. The number of hydrogen-bond acceptors (Lipinski definition) is 2. The molecule has 0 bridgehead atoms. The molecule has 1 fully saturated rings. The highest BCUT2D eigenvalue weighted by atomic mass is 32.2. The van der Waals surface area contributed by atoms with Crippen LogP contribution in [0.4, 0.5) is 10.5 Å². The average Bonchev–Trinajstić information content (AvgIpc) is 2.46. The van der Waals surface area contributed by atoms with Crippen molar-refractivity contribution in [3.63, 3.8) is 0 Å². The van der Waals surface area contributed by atoms with Gasteiger partial charge in [0.05, 0.1) is 0 Å². The zero-order valence-corrected chi connectivity index (χ0v) is 13.1. The first kappa shape index (κ1) is 15.2. The molecule has 1 amide bonds. The van der Waals surface area contributed by atoms with Crippen molar-refractivity contribution in [3.05, 3.63) is 29.3 Å². The molecule has 1 N–H and O–H groups in total. The predicted molar refractivity (Wildman–Crippen MR) is 86.1 cm³/mol. The van der Waals surface area contributed by atoms with Crippen LogP contribution in [0, 0.1) is 6.92 Å². The van der Waals surface area contributed by atoms with E-state index in [-0.39, 0.29) is 0 Å². The van der Waals surface area contributed by atoms with Gasteiger partial charge in [-0.25, -0.2) is 4.79 Å². The average molecular weight is 293 g/mol. The van der Waals surface area contributed by atoms with Crippen LogP contribution < -0.4 is 4.90 Å². The Kier molecular flexibility index (Phi) is 5.35. The van der Waals surface area contributed by atoms with E-state index in [9.17, 15) is 9.90 Å². The van der Waals surface area contributed by atoms with Gasteiger partial charge in [0.2, 0.25) is 0 Å². The minimum atomic E-state index is -0.864. The van der Waals surface area contributed by atoms with Crippen LogP contribution in [0.5, 0.6) is 0 Å². The number of carbonyl (C=O) groups is 1. The number of amides is 1. The van der Waals surface area contributed by atoms with Gasteiger partial charge >= 0.3 is 6.09 Å². The Bertz CT molecular complexity index is 470. The maximum atomic E-state index is 11.4. The first-order chi connectivity index (χ1) is 9.63. The van der Waals surface area contributed by atoms with E-state index in [1.165, 1.54) is 34.8 Å². The van der Waals surface area contributed by atoms with Crippen LogP contribution in [0.25, 0.3) is 0 Å². The minimum absolute atomic E-state index is 0.551. The summed E-state index contributed by atoms with van der Waals surface area (Å²) in [5, 5.41) is 9.32. The second kappa shape index (κ2) is 7.02. The fourth-order valence-electron chi connectivity index (χ4n) is 2.81. The van der Waals surface area contributed by atoms with E-state index in [4.69, 9.17) is 0 Å². The zero-order valence-electron chi connectivity index (χ0n) is 12.3. The first-order valence-electron chi connectivity index (χ1n) is 7.32. The lowest BCUT2D eigenvalue weighted by atomic mass is 9.92. The molecule has 4 heteroatoms. The van der Waals surface area contributed by atoms with Crippen LogP contribution >= 0.6 is 11.8 Å². The number of nitrogens with zero attached hydrogens (tertiary/aromatic N) is 1. The summed E-state index contributed by atoms with van der Waals surface area (Å²) < 4.78 is 0. The maximum absolute atomic E-state index is 11.4. The van der Waals surface area contributed by atoms with Crippen LogP contribution in [0.3, 0.4) is 0 Å². The number of carboxylic acid groups (broad SMARTS) is 1. The predicted octanol–water partition coefficient (Wildman–Crippen LogP) is 4.50. The molecule has 2 rings (SSSR count). The van der Waals surface area contributed by atoms with Gasteiger partial charge in [-0.3, -0.25) is 4.90 Å². The van der Waals surface area contributed by atoms with Crippen LogP contribution in [-0.2, 0) is 0 Å². The first-order valence-corrected chi connectivity index (χ1v) is 8.47. The van der Waals surface area contributed by atoms with Crippen molar-refractivity contribution in [2.24, 2.45) is 0 Å². The van der Waals surface area contributed by atoms with Crippen molar-refractivity contribution in [1.29, 1.82) is 0 Å². The van der Waals surface area contributed by atoms with Gasteiger partial charge in [0.1, 0.15) is 0 Å². The molecule has 1 aliphatic rings. The lowest BCUT2D eigenvalue weighted by Gasteiger charge is -2.25. The Morgan fingerprint density at radius 2 is 2.10 bits per heavy atom. The molecule has 0 saturated carbocycles. The maximum Gasteiger partial charge on any atom is 0.411 e. The number of thioether (sulfide) groups is 1. The summed E-state index contributed by atoms with van der Waals surface area (Å²) in [4.78, 5) is 12.8. The SMILES string of the molecule is CCCN(C(=O)O)c1ccc(C2CCSCC2)cc1C. The summed E-state index contributed by atoms with van der Waals surface area (Å²) in [5.74, 6) is 3.12. The van der Waals surface area contributed by atoms with E-state index < -0.39 is 6.09 Å². The van der Waals surface area contributed by atoms with Gasteiger partial charge in [-0.05, 0) is 60.8 Å². The summed E-state index contributed by atoms with van der Waals surface area (Å²) in [7, 11) is 0. The highest BCUT2D eigenvalue weighted by Crippen LogP contribution is 2.33. The molecular weight excluding hydrogens is 270 g/mol. The Labute approximate surface area is 125 Å². The summed E-state index contributed by atoms with van der Waals surface area (Å²) in [5.41, 5.74) is 3.26. The molecule has 0 aliphatic carbocycles. The third-order valence-electron chi connectivity index (χ3n) is 3.88. The molecule has 0 aromatic heterocycles. The standard InChI is InChI=1S/C16H23NO2S/c1-3-8-17(16(18)19)15-5-4-14(11-12(15)2)13-6-9-20-10-7-13/h4-5,11,13H,3,6-10H2,1-2H3,(H,18,19). The smallest absolute Gasteiger partial charge is 0.411 e. The van der Waals surface area contributed by atoms with Gasteiger partial charge in [0.15, 0.2) is 0 Å². The highest BCUT2D eigenvalue weighted by molar-refractivity contribution is 7.99. The summed E-state index contributed by atoms with van der Waals surface area (Å²) in [6, 6.07) is 6.28. The number of anilines is 1. The van der Waals surface area contributed by atoms with Gasteiger partial charge in [-0.2, -0.15) is 11.8 Å². The second-order valence-electron chi connectivity index (χ2n) is 5.37. The van der Waals surface area contributed by atoms with Crippen molar-refractivity contribution in [2.75, 3.05) is 23.0 Å². The fraction of sp³-hybridized carbons (Fsp3) is 0.562. The molecule has 0 spiro atoms. The van der Waals surface area contributed by atoms with Gasteiger partial charge in [-0.1, -0.05) is 19.1 Å². The normalized spacial score (nSPS) is 16.1. The van der Waals surface area contributed by atoms with Gasteiger partial charge in [-0.15, -0.1) is 0 Å². The molecule has 0 radical (unpaired) electrons. The largest absolute Gasteiger partial charge is 0.465 e. The third kappa shape index (κ3) is 3.48. The summed E-state index contributed by atoms with van der Waals surface area (Å²) in [6.45, 7) is 4.57. The monoisotopic (exact) mass is 293 g/mol. The van der Waals surface area contributed by atoms with E-state index in [0.29, 0.717) is 12.5 Å². The van der Waals surface area contributed by atoms with E-state index in [1.54, 1.807) is 0 Å². The molecule has 0 unspecified atom stereocenters. The molecule has 20 heavy (non-hydrogen) atoms. The number of benzene rings is 1.